The lowest BCUT2D eigenvalue weighted by atomic mass is 10.1. The molecule has 2 heterocycles. The topological polar surface area (TPSA) is 88.6 Å². The zero-order valence-corrected chi connectivity index (χ0v) is 16.4. The van der Waals surface area contributed by atoms with Gasteiger partial charge in [-0.25, -0.2) is 4.98 Å². The van der Waals surface area contributed by atoms with E-state index in [0.29, 0.717) is 46.5 Å². The monoisotopic (exact) mass is 407 g/mol. The largest absolute Gasteiger partial charge is 0.496 e. The number of likely N-dealkylation sites (tertiary alicyclic amines) is 1. The minimum absolute atomic E-state index is 0.169. The van der Waals surface area contributed by atoms with Crippen molar-refractivity contribution >= 4 is 45.7 Å². The van der Waals surface area contributed by atoms with Crippen molar-refractivity contribution in [2.75, 3.05) is 19.0 Å². The summed E-state index contributed by atoms with van der Waals surface area (Å²) in [5, 5.41) is 5.04. The van der Waals surface area contributed by atoms with Gasteiger partial charge < -0.3 is 15.0 Å². The molecule has 142 valence electrons. The Morgan fingerprint density at radius 2 is 2.15 bits per heavy atom. The molecule has 1 aliphatic rings. The number of hydrogen-bond acceptors (Lipinski definition) is 6. The molecule has 2 amide bonds. The van der Waals surface area contributed by atoms with Gasteiger partial charge in [0.1, 0.15) is 17.5 Å². The summed E-state index contributed by atoms with van der Waals surface area (Å²) >= 11 is 7.19. The van der Waals surface area contributed by atoms with Gasteiger partial charge in [0.15, 0.2) is 10.9 Å². The fraction of sp³-hybridized carbons (Fsp3) is 0.333. The zero-order chi connectivity index (χ0) is 19.6. The first kappa shape index (κ1) is 19.3. The average molecular weight is 408 g/mol. The van der Waals surface area contributed by atoms with Crippen molar-refractivity contribution < 1.29 is 19.1 Å². The van der Waals surface area contributed by atoms with Crippen LogP contribution in [-0.4, -0.2) is 47.2 Å². The van der Waals surface area contributed by atoms with Gasteiger partial charge in [-0.2, -0.15) is 0 Å². The number of aromatic nitrogens is 1. The zero-order valence-electron chi connectivity index (χ0n) is 14.8. The smallest absolute Gasteiger partial charge is 0.258 e. The summed E-state index contributed by atoms with van der Waals surface area (Å²) in [7, 11) is 1.48. The minimum Gasteiger partial charge on any atom is -0.496 e. The molecule has 1 aromatic carbocycles. The third-order valence-electron chi connectivity index (χ3n) is 4.30. The number of anilines is 1. The van der Waals surface area contributed by atoms with Crippen molar-refractivity contribution in [3.63, 3.8) is 0 Å². The SMILES string of the molecule is COc1ccc(Cl)cc1C(=O)N1CCCC1C(=O)Nc1nc(C(C)=O)cs1. The van der Waals surface area contributed by atoms with Crippen molar-refractivity contribution in [2.24, 2.45) is 0 Å². The third-order valence-corrected chi connectivity index (χ3v) is 5.30. The number of nitrogens with one attached hydrogen (secondary N) is 1. The number of benzene rings is 1. The number of thiazole rings is 1. The molecule has 0 aliphatic carbocycles. The predicted molar refractivity (Wildman–Crippen MR) is 103 cm³/mol. The predicted octanol–water partition coefficient (Wildman–Crippen LogP) is 3.25. The van der Waals surface area contributed by atoms with Crippen LogP contribution < -0.4 is 10.1 Å². The molecular weight excluding hydrogens is 390 g/mol. The van der Waals surface area contributed by atoms with E-state index < -0.39 is 6.04 Å². The van der Waals surface area contributed by atoms with Gasteiger partial charge in [0.25, 0.3) is 5.91 Å². The van der Waals surface area contributed by atoms with E-state index in [0.717, 1.165) is 0 Å². The van der Waals surface area contributed by atoms with Crippen LogP contribution in [0.4, 0.5) is 5.13 Å². The molecule has 3 rings (SSSR count). The fourth-order valence-corrected chi connectivity index (χ4v) is 3.89. The molecule has 0 spiro atoms. The summed E-state index contributed by atoms with van der Waals surface area (Å²) in [5.41, 5.74) is 0.621. The van der Waals surface area contributed by atoms with Gasteiger partial charge in [0, 0.05) is 23.9 Å². The fourth-order valence-electron chi connectivity index (χ4n) is 2.97. The summed E-state index contributed by atoms with van der Waals surface area (Å²) < 4.78 is 5.25. The van der Waals surface area contributed by atoms with Crippen LogP contribution >= 0.6 is 22.9 Å². The van der Waals surface area contributed by atoms with Gasteiger partial charge in [0.2, 0.25) is 5.91 Å². The van der Waals surface area contributed by atoms with Crippen molar-refractivity contribution in [1.29, 1.82) is 0 Å². The highest BCUT2D eigenvalue weighted by atomic mass is 35.5. The molecule has 1 fully saturated rings. The van der Waals surface area contributed by atoms with Crippen LogP contribution in [0.2, 0.25) is 5.02 Å². The summed E-state index contributed by atoms with van der Waals surface area (Å²) in [4.78, 5) is 42.6. The number of methoxy groups -OCH3 is 1. The van der Waals surface area contributed by atoms with Gasteiger partial charge in [-0.15, -0.1) is 11.3 Å². The molecule has 9 heteroatoms. The standard InChI is InChI=1S/C18H18ClN3O4S/c1-10(23)13-9-27-18(20-13)21-16(24)14-4-3-7-22(14)17(25)12-8-11(19)5-6-15(12)26-2/h5-6,8-9,14H,3-4,7H2,1-2H3,(H,20,21,24). The van der Waals surface area contributed by atoms with Gasteiger partial charge in [0.05, 0.1) is 12.7 Å². The normalized spacial score (nSPS) is 16.3. The number of rotatable bonds is 5. The summed E-state index contributed by atoms with van der Waals surface area (Å²) in [6.45, 7) is 1.87. The molecule has 1 N–H and O–H groups in total. The number of amides is 2. The van der Waals surface area contributed by atoms with Crippen LogP contribution in [0, 0.1) is 0 Å². The molecule has 1 unspecified atom stereocenters. The summed E-state index contributed by atoms with van der Waals surface area (Å²) in [5.74, 6) is -0.402. The Morgan fingerprint density at radius 1 is 1.37 bits per heavy atom. The first-order valence-corrected chi connectivity index (χ1v) is 9.58. The summed E-state index contributed by atoms with van der Waals surface area (Å²) in [6, 6.07) is 4.18. The number of hydrogen-bond donors (Lipinski definition) is 1. The molecule has 0 radical (unpaired) electrons. The maximum atomic E-state index is 13.0. The quantitative estimate of drug-likeness (QED) is 0.768. The lowest BCUT2D eigenvalue weighted by molar-refractivity contribution is -0.119. The van der Waals surface area contributed by atoms with Crippen LogP contribution in [0.15, 0.2) is 23.6 Å². The highest BCUT2D eigenvalue weighted by Crippen LogP contribution is 2.28. The second-order valence-electron chi connectivity index (χ2n) is 6.08. The number of Topliss-reactive ketones (excluding diaryl/α,β-unsaturated/α-hetero) is 1. The van der Waals surface area contributed by atoms with E-state index in [1.807, 2.05) is 0 Å². The molecule has 0 saturated carbocycles. The Balaban J connectivity index is 1.78. The molecular formula is C18H18ClN3O4S. The van der Waals surface area contributed by atoms with Crippen molar-refractivity contribution in [2.45, 2.75) is 25.8 Å². The number of nitrogens with zero attached hydrogens (tertiary/aromatic N) is 2. The maximum absolute atomic E-state index is 13.0. The van der Waals surface area contributed by atoms with Crippen molar-refractivity contribution in [3.8, 4) is 5.75 Å². The Bertz CT molecular complexity index is 898. The molecule has 1 atom stereocenters. The Labute approximate surface area is 165 Å². The van der Waals surface area contributed by atoms with Gasteiger partial charge in [-0.05, 0) is 31.0 Å². The van der Waals surface area contributed by atoms with Gasteiger partial charge >= 0.3 is 0 Å². The number of carbonyl (C=O) groups is 3. The Morgan fingerprint density at radius 3 is 2.81 bits per heavy atom. The number of carbonyl (C=O) groups excluding carboxylic acids is 3. The second kappa shape index (κ2) is 8.06. The van der Waals surface area contributed by atoms with E-state index in [2.05, 4.69) is 10.3 Å². The van der Waals surface area contributed by atoms with Crippen LogP contribution in [0.25, 0.3) is 0 Å². The van der Waals surface area contributed by atoms with E-state index in [1.165, 1.54) is 36.3 Å². The highest BCUT2D eigenvalue weighted by molar-refractivity contribution is 7.14. The van der Waals surface area contributed by atoms with Crippen molar-refractivity contribution in [1.82, 2.24) is 9.88 Å². The molecule has 0 bridgehead atoms. The molecule has 1 aromatic heterocycles. The molecule has 7 nitrogen and oxygen atoms in total. The lowest BCUT2D eigenvalue weighted by Gasteiger charge is -2.24. The van der Waals surface area contributed by atoms with Gasteiger partial charge in [-0.1, -0.05) is 11.6 Å². The number of ether oxygens (including phenoxy) is 1. The van der Waals surface area contributed by atoms with Crippen LogP contribution in [0.5, 0.6) is 5.75 Å². The summed E-state index contributed by atoms with van der Waals surface area (Å²) in [6.07, 6.45) is 1.26. The van der Waals surface area contributed by atoms with E-state index in [4.69, 9.17) is 16.3 Å². The number of ketones is 1. The molecule has 27 heavy (non-hydrogen) atoms. The molecule has 1 saturated heterocycles. The molecule has 2 aromatic rings. The lowest BCUT2D eigenvalue weighted by Crippen LogP contribution is -2.43. The van der Waals surface area contributed by atoms with Crippen molar-refractivity contribution in [3.05, 3.63) is 39.9 Å². The second-order valence-corrected chi connectivity index (χ2v) is 7.38. The Hall–Kier alpha value is -2.45. The van der Waals surface area contributed by atoms with E-state index in [1.54, 1.807) is 17.5 Å². The molecule has 1 aliphatic heterocycles. The maximum Gasteiger partial charge on any atom is 0.258 e. The van der Waals surface area contributed by atoms with Gasteiger partial charge in [-0.3, -0.25) is 14.4 Å². The first-order valence-electron chi connectivity index (χ1n) is 8.32. The first-order chi connectivity index (χ1) is 12.9. The number of halogens is 1. The Kier molecular flexibility index (Phi) is 5.76. The van der Waals surface area contributed by atoms with E-state index in [9.17, 15) is 14.4 Å². The van der Waals surface area contributed by atoms with Crippen LogP contribution in [0.1, 0.15) is 40.6 Å². The van der Waals surface area contributed by atoms with Crippen LogP contribution in [0.3, 0.4) is 0 Å². The average Bonchev–Trinajstić information content (AvgIpc) is 3.30. The van der Waals surface area contributed by atoms with E-state index >= 15 is 0 Å². The minimum atomic E-state index is -0.620. The highest BCUT2D eigenvalue weighted by Gasteiger charge is 2.36. The third kappa shape index (κ3) is 4.12. The van der Waals surface area contributed by atoms with Crippen LogP contribution in [-0.2, 0) is 4.79 Å². The van der Waals surface area contributed by atoms with E-state index in [-0.39, 0.29) is 17.6 Å².